The Morgan fingerprint density at radius 1 is 1.35 bits per heavy atom. The molecule has 7 heteroatoms. The number of ether oxygens (including phenoxy) is 2. The number of hydrogen-bond donors (Lipinski definition) is 1. The predicted octanol–water partition coefficient (Wildman–Crippen LogP) is -0.354. The van der Waals surface area contributed by atoms with E-state index in [1.54, 1.807) is 6.34 Å². The molecule has 3 rings (SSSR count). The van der Waals surface area contributed by atoms with Gasteiger partial charge in [-0.15, -0.1) is 0 Å². The van der Waals surface area contributed by atoms with Crippen LogP contribution in [-0.4, -0.2) is 43.4 Å². The van der Waals surface area contributed by atoms with E-state index >= 15 is 0 Å². The molecule has 0 bridgehead atoms. The quantitative estimate of drug-likeness (QED) is 0.561. The summed E-state index contributed by atoms with van der Waals surface area (Å²) in [6.45, 7) is 0.871. The van der Waals surface area contributed by atoms with Crippen molar-refractivity contribution in [3.8, 4) is 0 Å². The molecule has 2 aliphatic heterocycles. The summed E-state index contributed by atoms with van der Waals surface area (Å²) >= 11 is 0. The van der Waals surface area contributed by atoms with Crippen molar-refractivity contribution < 1.29 is 23.9 Å². The lowest BCUT2D eigenvalue weighted by atomic mass is 9.75. The maximum atomic E-state index is 12.0. The van der Waals surface area contributed by atoms with Gasteiger partial charge in [0.1, 0.15) is 6.61 Å². The third-order valence-electron chi connectivity index (χ3n) is 4.14. The van der Waals surface area contributed by atoms with Gasteiger partial charge in [-0.25, -0.2) is 0 Å². The Morgan fingerprint density at radius 2 is 2.15 bits per heavy atom. The first kappa shape index (κ1) is 13.1. The molecular formula is C13H16N2O5. The van der Waals surface area contributed by atoms with Gasteiger partial charge >= 0.3 is 17.9 Å². The van der Waals surface area contributed by atoms with Crippen LogP contribution in [0.2, 0.25) is 0 Å². The van der Waals surface area contributed by atoms with Crippen LogP contribution in [0.25, 0.3) is 0 Å². The largest absolute Gasteiger partial charge is 0.463 e. The Hall–Kier alpha value is -1.92. The molecule has 7 nitrogen and oxygen atoms in total. The van der Waals surface area contributed by atoms with Crippen LogP contribution < -0.4 is 5.32 Å². The van der Waals surface area contributed by atoms with E-state index in [4.69, 9.17) is 4.74 Å². The van der Waals surface area contributed by atoms with Gasteiger partial charge in [-0.3, -0.25) is 19.4 Å². The first-order valence-electron chi connectivity index (χ1n) is 6.81. The van der Waals surface area contributed by atoms with E-state index in [1.807, 2.05) is 0 Å². The van der Waals surface area contributed by atoms with Gasteiger partial charge in [0.05, 0.1) is 36.7 Å². The highest BCUT2D eigenvalue weighted by molar-refractivity contribution is 5.97. The average molecular weight is 280 g/mol. The summed E-state index contributed by atoms with van der Waals surface area (Å²) in [7, 11) is 0. The van der Waals surface area contributed by atoms with Crippen molar-refractivity contribution in [3.05, 3.63) is 0 Å². The number of aliphatic imine (C=N–C) groups is 1. The lowest BCUT2D eigenvalue weighted by Gasteiger charge is -2.26. The second-order valence-electron chi connectivity index (χ2n) is 5.45. The van der Waals surface area contributed by atoms with Gasteiger partial charge in [0.15, 0.2) is 0 Å². The molecule has 4 atom stereocenters. The van der Waals surface area contributed by atoms with Crippen LogP contribution in [0.5, 0.6) is 0 Å². The summed E-state index contributed by atoms with van der Waals surface area (Å²) in [6, 6.07) is 0.0355. The number of cyclic esters (lactones) is 2. The standard InChI is InChI=1S/C13H16N2O5/c16-11(19-5-8-4-14-6-15-8)7-1-2-9-10(3-7)13(18)20-12(9)17/h6-10H,1-5H2,(H,14,15). The highest BCUT2D eigenvalue weighted by Gasteiger charge is 2.49. The molecule has 3 aliphatic rings. The number of fused-ring (bicyclic) bond motifs is 1. The molecule has 108 valence electrons. The molecule has 0 amide bonds. The van der Waals surface area contributed by atoms with E-state index in [1.165, 1.54) is 0 Å². The molecule has 1 saturated carbocycles. The van der Waals surface area contributed by atoms with Crippen molar-refractivity contribution in [2.45, 2.75) is 25.3 Å². The van der Waals surface area contributed by atoms with E-state index in [9.17, 15) is 14.4 Å². The monoisotopic (exact) mass is 280 g/mol. The molecule has 1 aliphatic carbocycles. The summed E-state index contributed by atoms with van der Waals surface area (Å²) in [5.41, 5.74) is 0. The third-order valence-corrected chi connectivity index (χ3v) is 4.14. The number of rotatable bonds is 3. The SMILES string of the molecule is O=C(OCC1CN=CN1)C1CCC2C(=O)OC(=O)C2C1. The van der Waals surface area contributed by atoms with Gasteiger partial charge < -0.3 is 14.8 Å². The van der Waals surface area contributed by atoms with E-state index < -0.39 is 17.9 Å². The highest BCUT2D eigenvalue weighted by atomic mass is 16.6. The zero-order chi connectivity index (χ0) is 14.1. The summed E-state index contributed by atoms with van der Waals surface area (Å²) < 4.78 is 9.88. The van der Waals surface area contributed by atoms with Crippen LogP contribution in [0, 0.1) is 17.8 Å². The second-order valence-corrected chi connectivity index (χ2v) is 5.45. The molecule has 0 aromatic rings. The van der Waals surface area contributed by atoms with Gasteiger partial charge in [0.2, 0.25) is 0 Å². The Balaban J connectivity index is 1.52. The lowest BCUT2D eigenvalue weighted by molar-refractivity contribution is -0.153. The normalized spacial score (nSPS) is 35.4. The van der Waals surface area contributed by atoms with Gasteiger partial charge in [0.25, 0.3) is 0 Å². The lowest BCUT2D eigenvalue weighted by Crippen LogP contribution is -2.35. The van der Waals surface area contributed by atoms with Gasteiger partial charge in [-0.2, -0.15) is 0 Å². The summed E-state index contributed by atoms with van der Waals surface area (Å²) in [6.07, 6.45) is 3.03. The fraction of sp³-hybridized carbons (Fsp3) is 0.692. The van der Waals surface area contributed by atoms with Crippen LogP contribution in [0.3, 0.4) is 0 Å². The number of hydrogen-bond acceptors (Lipinski definition) is 7. The topological polar surface area (TPSA) is 94.1 Å². The molecule has 2 heterocycles. The Morgan fingerprint density at radius 3 is 2.90 bits per heavy atom. The number of esters is 3. The molecule has 20 heavy (non-hydrogen) atoms. The summed E-state index contributed by atoms with van der Waals surface area (Å²) in [5.74, 6) is -2.40. The smallest absolute Gasteiger partial charge is 0.317 e. The van der Waals surface area contributed by atoms with E-state index in [-0.39, 0.29) is 30.5 Å². The number of carbonyl (C=O) groups excluding carboxylic acids is 3. The zero-order valence-corrected chi connectivity index (χ0v) is 10.9. The van der Waals surface area contributed by atoms with Crippen molar-refractivity contribution in [1.29, 1.82) is 0 Å². The average Bonchev–Trinajstić information content (AvgIpc) is 3.05. The number of nitrogens with one attached hydrogen (secondary N) is 1. The van der Waals surface area contributed by atoms with E-state index in [2.05, 4.69) is 15.0 Å². The van der Waals surface area contributed by atoms with Crippen LogP contribution >= 0.6 is 0 Å². The van der Waals surface area contributed by atoms with Crippen molar-refractivity contribution in [2.75, 3.05) is 13.2 Å². The fourth-order valence-electron chi connectivity index (χ4n) is 2.97. The van der Waals surface area contributed by atoms with Crippen molar-refractivity contribution in [3.63, 3.8) is 0 Å². The van der Waals surface area contributed by atoms with Crippen molar-refractivity contribution in [2.24, 2.45) is 22.7 Å². The second kappa shape index (κ2) is 5.22. The van der Waals surface area contributed by atoms with Gasteiger partial charge in [-0.05, 0) is 19.3 Å². The Labute approximate surface area is 115 Å². The Kier molecular flexibility index (Phi) is 3.42. The summed E-state index contributed by atoms with van der Waals surface area (Å²) in [5, 5.41) is 2.98. The predicted molar refractivity (Wildman–Crippen MR) is 66.7 cm³/mol. The molecule has 1 saturated heterocycles. The molecule has 0 aromatic carbocycles. The molecular weight excluding hydrogens is 264 g/mol. The number of nitrogens with zero attached hydrogens (tertiary/aromatic N) is 1. The third kappa shape index (κ3) is 2.39. The Bertz CT molecular complexity index is 467. The van der Waals surface area contributed by atoms with E-state index in [0.29, 0.717) is 25.8 Å². The van der Waals surface area contributed by atoms with Crippen LogP contribution in [0.4, 0.5) is 0 Å². The van der Waals surface area contributed by atoms with Crippen LogP contribution in [0.1, 0.15) is 19.3 Å². The molecule has 0 spiro atoms. The molecule has 0 aromatic heterocycles. The van der Waals surface area contributed by atoms with E-state index in [0.717, 1.165) is 0 Å². The minimum Gasteiger partial charge on any atom is -0.463 e. The highest BCUT2D eigenvalue weighted by Crippen LogP contribution is 2.39. The number of carbonyl (C=O) groups is 3. The van der Waals surface area contributed by atoms with Crippen molar-refractivity contribution in [1.82, 2.24) is 5.32 Å². The first-order valence-corrected chi connectivity index (χ1v) is 6.81. The molecule has 2 fully saturated rings. The maximum absolute atomic E-state index is 12.0. The van der Waals surface area contributed by atoms with Crippen molar-refractivity contribution >= 4 is 24.2 Å². The molecule has 0 radical (unpaired) electrons. The maximum Gasteiger partial charge on any atom is 0.317 e. The molecule has 1 N–H and O–H groups in total. The summed E-state index contributed by atoms with van der Waals surface area (Å²) in [4.78, 5) is 38.9. The minimum absolute atomic E-state index is 0.0355. The molecule has 4 unspecified atom stereocenters. The van der Waals surface area contributed by atoms with Crippen LogP contribution in [0.15, 0.2) is 4.99 Å². The van der Waals surface area contributed by atoms with Crippen LogP contribution in [-0.2, 0) is 23.9 Å². The van der Waals surface area contributed by atoms with Gasteiger partial charge in [0, 0.05) is 0 Å². The first-order chi connectivity index (χ1) is 9.65. The zero-order valence-electron chi connectivity index (χ0n) is 10.9. The minimum atomic E-state index is -0.497. The fourth-order valence-corrected chi connectivity index (χ4v) is 2.97. The van der Waals surface area contributed by atoms with Gasteiger partial charge in [-0.1, -0.05) is 0 Å².